The summed E-state index contributed by atoms with van der Waals surface area (Å²) in [6, 6.07) is 10.5. The summed E-state index contributed by atoms with van der Waals surface area (Å²) in [5, 5.41) is 0. The lowest BCUT2D eigenvalue weighted by Gasteiger charge is -2.28. The number of hydrogen-bond acceptors (Lipinski definition) is 4. The molecule has 24 heavy (non-hydrogen) atoms. The van der Waals surface area contributed by atoms with Gasteiger partial charge in [-0.2, -0.15) is 0 Å². The Kier molecular flexibility index (Phi) is 4.09. The van der Waals surface area contributed by atoms with Crippen molar-refractivity contribution in [3.8, 4) is 0 Å². The average molecular weight is 319 g/mol. The van der Waals surface area contributed by atoms with Gasteiger partial charge in [0, 0.05) is 56.3 Å². The summed E-state index contributed by atoms with van der Waals surface area (Å²) in [6.07, 6.45) is 6.87. The van der Waals surface area contributed by atoms with E-state index >= 15 is 0 Å². The smallest absolute Gasteiger partial charge is 0.125 e. The molecule has 0 atom stereocenters. The first kappa shape index (κ1) is 15.0. The molecule has 5 nitrogen and oxygen atoms in total. The van der Waals surface area contributed by atoms with E-state index in [1.54, 1.807) is 0 Å². The first-order valence-electron chi connectivity index (χ1n) is 8.34. The molecule has 1 aliphatic rings. The summed E-state index contributed by atoms with van der Waals surface area (Å²) >= 11 is 0. The van der Waals surface area contributed by atoms with Crippen LogP contribution in [-0.2, 0) is 26.1 Å². The van der Waals surface area contributed by atoms with Crippen molar-refractivity contribution in [2.45, 2.75) is 33.0 Å². The molecular formula is C19H21N5. The van der Waals surface area contributed by atoms with Gasteiger partial charge in [-0.15, -0.1) is 0 Å². The van der Waals surface area contributed by atoms with Gasteiger partial charge in [-0.1, -0.05) is 30.3 Å². The molecule has 0 N–H and O–H groups in total. The minimum absolute atomic E-state index is 0.864. The molecule has 0 spiro atoms. The Bertz CT molecular complexity index is 825. The maximum Gasteiger partial charge on any atom is 0.125 e. The number of fused-ring (bicyclic) bond motifs is 1. The number of aryl methyl sites for hydroxylation is 1. The highest BCUT2D eigenvalue weighted by Crippen LogP contribution is 2.19. The molecule has 0 unspecified atom stereocenters. The molecule has 3 heterocycles. The molecule has 0 saturated carbocycles. The Balaban J connectivity index is 1.47. The SMILES string of the molecule is Cc1ncc2c(n1)CCN(Cc1cncn1Cc1ccccc1)C2. The number of imidazole rings is 1. The van der Waals surface area contributed by atoms with E-state index in [-0.39, 0.29) is 0 Å². The number of nitrogens with zero attached hydrogens (tertiary/aromatic N) is 5. The van der Waals surface area contributed by atoms with E-state index in [0.717, 1.165) is 38.4 Å². The maximum atomic E-state index is 4.56. The lowest BCUT2D eigenvalue weighted by molar-refractivity contribution is 0.237. The first-order valence-corrected chi connectivity index (χ1v) is 8.34. The van der Waals surface area contributed by atoms with Crippen LogP contribution in [0.15, 0.2) is 49.1 Å². The van der Waals surface area contributed by atoms with Crippen LogP contribution in [0.4, 0.5) is 0 Å². The van der Waals surface area contributed by atoms with Gasteiger partial charge in [0.15, 0.2) is 0 Å². The Hall–Kier alpha value is -2.53. The quantitative estimate of drug-likeness (QED) is 0.741. The van der Waals surface area contributed by atoms with E-state index in [0.29, 0.717) is 0 Å². The van der Waals surface area contributed by atoms with Crippen molar-refractivity contribution in [3.63, 3.8) is 0 Å². The molecule has 0 saturated heterocycles. The predicted molar refractivity (Wildman–Crippen MR) is 92.4 cm³/mol. The van der Waals surface area contributed by atoms with Crippen LogP contribution in [-0.4, -0.2) is 31.0 Å². The van der Waals surface area contributed by atoms with Crippen molar-refractivity contribution in [1.29, 1.82) is 0 Å². The largest absolute Gasteiger partial charge is 0.329 e. The van der Waals surface area contributed by atoms with E-state index < -0.39 is 0 Å². The van der Waals surface area contributed by atoms with Gasteiger partial charge in [0.1, 0.15) is 5.82 Å². The number of benzene rings is 1. The molecule has 0 bridgehead atoms. The van der Waals surface area contributed by atoms with Gasteiger partial charge in [-0.3, -0.25) is 4.90 Å². The predicted octanol–water partition coefficient (Wildman–Crippen LogP) is 2.59. The fourth-order valence-corrected chi connectivity index (χ4v) is 3.24. The minimum Gasteiger partial charge on any atom is -0.329 e. The number of rotatable bonds is 4. The van der Waals surface area contributed by atoms with Crippen molar-refractivity contribution < 1.29 is 0 Å². The second-order valence-corrected chi connectivity index (χ2v) is 6.35. The Morgan fingerprint density at radius 1 is 1.08 bits per heavy atom. The van der Waals surface area contributed by atoms with Crippen LogP contribution in [0.5, 0.6) is 0 Å². The van der Waals surface area contributed by atoms with Crippen LogP contribution in [0.25, 0.3) is 0 Å². The Morgan fingerprint density at radius 3 is 2.83 bits per heavy atom. The van der Waals surface area contributed by atoms with Gasteiger partial charge < -0.3 is 4.57 Å². The molecule has 3 aromatic rings. The van der Waals surface area contributed by atoms with Gasteiger partial charge in [0.25, 0.3) is 0 Å². The van der Waals surface area contributed by atoms with E-state index in [9.17, 15) is 0 Å². The summed E-state index contributed by atoms with van der Waals surface area (Å²) in [5.74, 6) is 0.864. The standard InChI is InChI=1S/C19H21N5/c1-15-21-9-17-12-23(8-7-19(17)22-15)13-18-10-20-14-24(18)11-16-5-3-2-4-6-16/h2-6,9-10,14H,7-8,11-13H2,1H3. The third kappa shape index (κ3) is 3.21. The lowest BCUT2D eigenvalue weighted by atomic mass is 10.1. The normalized spacial score (nSPS) is 14.5. The number of aromatic nitrogens is 4. The lowest BCUT2D eigenvalue weighted by Crippen LogP contribution is -2.31. The fraction of sp³-hybridized carbons (Fsp3) is 0.316. The van der Waals surface area contributed by atoms with E-state index in [1.807, 2.05) is 31.7 Å². The van der Waals surface area contributed by atoms with Gasteiger partial charge in [0.05, 0.1) is 12.0 Å². The van der Waals surface area contributed by atoms with Crippen molar-refractivity contribution >= 4 is 0 Å². The Labute approximate surface area is 142 Å². The van der Waals surface area contributed by atoms with Crippen LogP contribution >= 0.6 is 0 Å². The first-order chi connectivity index (χ1) is 11.8. The fourth-order valence-electron chi connectivity index (χ4n) is 3.24. The molecule has 0 amide bonds. The molecule has 4 rings (SSSR count). The second kappa shape index (κ2) is 6.53. The monoisotopic (exact) mass is 319 g/mol. The van der Waals surface area contributed by atoms with E-state index in [1.165, 1.54) is 22.5 Å². The Morgan fingerprint density at radius 2 is 1.96 bits per heavy atom. The summed E-state index contributed by atoms with van der Waals surface area (Å²) in [5.41, 5.74) is 5.00. The minimum atomic E-state index is 0.864. The zero-order valence-corrected chi connectivity index (χ0v) is 13.9. The van der Waals surface area contributed by atoms with Crippen molar-refractivity contribution in [3.05, 3.63) is 77.4 Å². The molecule has 122 valence electrons. The summed E-state index contributed by atoms with van der Waals surface area (Å²) < 4.78 is 2.23. The van der Waals surface area contributed by atoms with Gasteiger partial charge >= 0.3 is 0 Å². The molecule has 0 fully saturated rings. The zero-order valence-electron chi connectivity index (χ0n) is 13.9. The highest BCUT2D eigenvalue weighted by molar-refractivity contribution is 5.21. The summed E-state index contributed by atoms with van der Waals surface area (Å²) in [6.45, 7) is 5.66. The second-order valence-electron chi connectivity index (χ2n) is 6.35. The third-order valence-electron chi connectivity index (χ3n) is 4.51. The van der Waals surface area contributed by atoms with Crippen LogP contribution < -0.4 is 0 Å². The van der Waals surface area contributed by atoms with E-state index in [2.05, 4.69) is 48.7 Å². The molecule has 5 heteroatoms. The van der Waals surface area contributed by atoms with Crippen molar-refractivity contribution in [2.75, 3.05) is 6.54 Å². The summed E-state index contributed by atoms with van der Waals surface area (Å²) in [4.78, 5) is 15.7. The summed E-state index contributed by atoms with van der Waals surface area (Å²) in [7, 11) is 0. The van der Waals surface area contributed by atoms with E-state index in [4.69, 9.17) is 0 Å². The molecule has 1 aliphatic heterocycles. The van der Waals surface area contributed by atoms with Crippen molar-refractivity contribution in [1.82, 2.24) is 24.4 Å². The topological polar surface area (TPSA) is 46.8 Å². The molecule has 1 aromatic carbocycles. The van der Waals surface area contributed by atoms with Crippen LogP contribution in [0.3, 0.4) is 0 Å². The van der Waals surface area contributed by atoms with Crippen LogP contribution in [0.1, 0.15) is 28.3 Å². The molecular weight excluding hydrogens is 298 g/mol. The highest BCUT2D eigenvalue weighted by atomic mass is 15.2. The van der Waals surface area contributed by atoms with Crippen LogP contribution in [0, 0.1) is 6.92 Å². The van der Waals surface area contributed by atoms with Crippen molar-refractivity contribution in [2.24, 2.45) is 0 Å². The third-order valence-corrected chi connectivity index (χ3v) is 4.51. The molecule has 2 aromatic heterocycles. The van der Waals surface area contributed by atoms with Gasteiger partial charge in [-0.05, 0) is 12.5 Å². The number of hydrogen-bond donors (Lipinski definition) is 0. The van der Waals surface area contributed by atoms with Crippen LogP contribution in [0.2, 0.25) is 0 Å². The molecule has 0 radical (unpaired) electrons. The maximum absolute atomic E-state index is 4.56. The average Bonchev–Trinajstić information content (AvgIpc) is 3.03. The highest BCUT2D eigenvalue weighted by Gasteiger charge is 2.19. The molecule has 0 aliphatic carbocycles. The zero-order chi connectivity index (χ0) is 16.4. The van der Waals surface area contributed by atoms with Gasteiger partial charge in [-0.25, -0.2) is 15.0 Å². The van der Waals surface area contributed by atoms with Gasteiger partial charge in [0.2, 0.25) is 0 Å².